The number of nitrogens with two attached hydrogens (primary N) is 1. The summed E-state index contributed by atoms with van der Waals surface area (Å²) in [6, 6.07) is 3.27. The fraction of sp³-hybridized carbons (Fsp3) is 0.308. The van der Waals surface area contributed by atoms with Crippen LogP contribution in [-0.4, -0.2) is 29.2 Å². The lowest BCUT2D eigenvalue weighted by molar-refractivity contribution is 0.379. The second-order valence-corrected chi connectivity index (χ2v) is 4.28. The summed E-state index contributed by atoms with van der Waals surface area (Å²) in [6.07, 6.45) is 0. The molecule has 1 aromatic heterocycles. The van der Waals surface area contributed by atoms with Crippen LogP contribution in [0.3, 0.4) is 0 Å². The topological polar surface area (TPSA) is 83.2 Å². The van der Waals surface area contributed by atoms with E-state index >= 15 is 0 Å². The zero-order valence-electron chi connectivity index (χ0n) is 12.1. The minimum Gasteiger partial charge on any atom is -0.495 e. The molecule has 2 aromatic rings. The maximum atomic E-state index is 6.12. The van der Waals surface area contributed by atoms with E-state index in [1.807, 2.05) is 13.8 Å². The standard InChI is InChI=1S/C11H10Cl2N4O2.C2H6/c1-18-8-3-5(6(12)4-7(8)13)9-15-10(14)17-11(16-9)19-2;1-2/h3-4H,1-2H3,(H2,14,15,16,17);1-2H3. The Labute approximate surface area is 133 Å². The molecular formula is C13H16Cl2N4O2. The monoisotopic (exact) mass is 330 g/mol. The number of nitrogens with zero attached hydrogens (tertiary/aromatic N) is 3. The van der Waals surface area contributed by atoms with Gasteiger partial charge in [0.25, 0.3) is 0 Å². The maximum Gasteiger partial charge on any atom is 0.321 e. The molecule has 1 heterocycles. The molecule has 6 nitrogen and oxygen atoms in total. The fourth-order valence-corrected chi connectivity index (χ4v) is 1.99. The molecule has 0 amide bonds. The number of methoxy groups -OCH3 is 2. The number of anilines is 1. The first-order valence-electron chi connectivity index (χ1n) is 6.14. The molecule has 0 unspecified atom stereocenters. The Morgan fingerprint density at radius 3 is 2.19 bits per heavy atom. The van der Waals surface area contributed by atoms with Crippen LogP contribution in [0.15, 0.2) is 12.1 Å². The van der Waals surface area contributed by atoms with Crippen LogP contribution in [0.2, 0.25) is 10.0 Å². The Hall–Kier alpha value is -1.79. The van der Waals surface area contributed by atoms with Gasteiger partial charge >= 0.3 is 6.01 Å². The van der Waals surface area contributed by atoms with Gasteiger partial charge in [0.05, 0.1) is 24.3 Å². The van der Waals surface area contributed by atoms with Gasteiger partial charge in [0.15, 0.2) is 5.82 Å². The number of halogens is 2. The summed E-state index contributed by atoms with van der Waals surface area (Å²) in [6.45, 7) is 4.00. The highest BCUT2D eigenvalue weighted by Crippen LogP contribution is 2.35. The highest BCUT2D eigenvalue weighted by Gasteiger charge is 2.14. The smallest absolute Gasteiger partial charge is 0.321 e. The van der Waals surface area contributed by atoms with Gasteiger partial charge in [0.2, 0.25) is 5.95 Å². The predicted octanol–water partition coefficient (Wildman–Crippen LogP) is 3.47. The van der Waals surface area contributed by atoms with Gasteiger partial charge in [0.1, 0.15) is 5.75 Å². The Morgan fingerprint density at radius 1 is 0.952 bits per heavy atom. The third kappa shape index (κ3) is 4.09. The van der Waals surface area contributed by atoms with Crippen molar-refractivity contribution < 1.29 is 9.47 Å². The van der Waals surface area contributed by atoms with E-state index in [2.05, 4.69) is 15.0 Å². The summed E-state index contributed by atoms with van der Waals surface area (Å²) in [7, 11) is 2.93. The Morgan fingerprint density at radius 2 is 1.62 bits per heavy atom. The molecule has 0 saturated carbocycles. The van der Waals surface area contributed by atoms with Crippen molar-refractivity contribution in [1.29, 1.82) is 0 Å². The van der Waals surface area contributed by atoms with E-state index < -0.39 is 0 Å². The minimum atomic E-state index is 0.0341. The van der Waals surface area contributed by atoms with E-state index in [4.69, 9.17) is 38.4 Å². The number of hydrogen-bond acceptors (Lipinski definition) is 6. The summed E-state index contributed by atoms with van der Waals surface area (Å²) in [5.41, 5.74) is 6.10. The van der Waals surface area contributed by atoms with E-state index in [9.17, 15) is 0 Å². The third-order valence-electron chi connectivity index (χ3n) is 2.30. The van der Waals surface area contributed by atoms with Crippen molar-refractivity contribution in [2.75, 3.05) is 20.0 Å². The fourth-order valence-electron chi connectivity index (χ4n) is 1.44. The van der Waals surface area contributed by atoms with Crippen molar-refractivity contribution in [3.8, 4) is 23.1 Å². The van der Waals surface area contributed by atoms with Crippen LogP contribution < -0.4 is 15.2 Å². The van der Waals surface area contributed by atoms with Crippen molar-refractivity contribution >= 4 is 29.2 Å². The van der Waals surface area contributed by atoms with Gasteiger partial charge in [-0.2, -0.15) is 15.0 Å². The van der Waals surface area contributed by atoms with Crippen molar-refractivity contribution in [3.63, 3.8) is 0 Å². The first-order chi connectivity index (χ1) is 10.0. The summed E-state index contributed by atoms with van der Waals surface area (Å²) in [5.74, 6) is 0.773. The normalized spacial score (nSPS) is 9.62. The Balaban J connectivity index is 0.00000106. The zero-order chi connectivity index (χ0) is 16.0. The molecule has 0 bridgehead atoms. The molecule has 0 fully saturated rings. The van der Waals surface area contributed by atoms with Gasteiger partial charge in [-0.25, -0.2) is 0 Å². The van der Waals surface area contributed by atoms with Gasteiger partial charge in [0, 0.05) is 5.56 Å². The van der Waals surface area contributed by atoms with Crippen LogP contribution >= 0.6 is 23.2 Å². The van der Waals surface area contributed by atoms with Gasteiger partial charge in [-0.3, -0.25) is 0 Å². The van der Waals surface area contributed by atoms with E-state index in [0.29, 0.717) is 21.4 Å². The molecule has 0 radical (unpaired) electrons. The van der Waals surface area contributed by atoms with Gasteiger partial charge in [-0.1, -0.05) is 37.0 Å². The lowest BCUT2D eigenvalue weighted by Gasteiger charge is -2.09. The summed E-state index contributed by atoms with van der Waals surface area (Å²) >= 11 is 12.1. The number of benzene rings is 1. The maximum absolute atomic E-state index is 6.12. The first kappa shape index (κ1) is 17.3. The van der Waals surface area contributed by atoms with Crippen LogP contribution in [0.4, 0.5) is 5.95 Å². The largest absolute Gasteiger partial charge is 0.495 e. The number of nitrogen functional groups attached to an aromatic ring is 1. The number of hydrogen-bond donors (Lipinski definition) is 1. The average molecular weight is 331 g/mol. The first-order valence-corrected chi connectivity index (χ1v) is 6.89. The average Bonchev–Trinajstić information content (AvgIpc) is 2.48. The third-order valence-corrected chi connectivity index (χ3v) is 2.91. The van der Waals surface area contributed by atoms with Crippen LogP contribution in [-0.2, 0) is 0 Å². The van der Waals surface area contributed by atoms with Crippen molar-refractivity contribution in [2.24, 2.45) is 0 Å². The van der Waals surface area contributed by atoms with Crippen molar-refractivity contribution in [2.45, 2.75) is 13.8 Å². The highest BCUT2D eigenvalue weighted by molar-refractivity contribution is 6.37. The lowest BCUT2D eigenvalue weighted by Crippen LogP contribution is -2.03. The van der Waals surface area contributed by atoms with Crippen LogP contribution in [0, 0.1) is 0 Å². The molecule has 21 heavy (non-hydrogen) atoms. The lowest BCUT2D eigenvalue weighted by atomic mass is 10.2. The van der Waals surface area contributed by atoms with E-state index in [0.717, 1.165) is 0 Å². The molecule has 0 spiro atoms. The Bertz CT molecular complexity index is 623. The van der Waals surface area contributed by atoms with Crippen LogP contribution in [0.25, 0.3) is 11.4 Å². The molecule has 0 aliphatic rings. The van der Waals surface area contributed by atoms with E-state index in [1.165, 1.54) is 14.2 Å². The van der Waals surface area contributed by atoms with Gasteiger partial charge in [-0.05, 0) is 12.1 Å². The van der Waals surface area contributed by atoms with Crippen molar-refractivity contribution in [1.82, 2.24) is 15.0 Å². The van der Waals surface area contributed by atoms with Crippen molar-refractivity contribution in [3.05, 3.63) is 22.2 Å². The molecule has 8 heteroatoms. The van der Waals surface area contributed by atoms with Gasteiger partial charge in [-0.15, -0.1) is 0 Å². The molecule has 114 valence electrons. The minimum absolute atomic E-state index is 0.0341. The highest BCUT2D eigenvalue weighted by atomic mass is 35.5. The number of aromatic nitrogens is 3. The summed E-state index contributed by atoms with van der Waals surface area (Å²) < 4.78 is 10.1. The number of ether oxygens (including phenoxy) is 2. The predicted molar refractivity (Wildman–Crippen MR) is 84.1 cm³/mol. The molecule has 0 aliphatic heterocycles. The van der Waals surface area contributed by atoms with E-state index in [-0.39, 0.29) is 17.8 Å². The zero-order valence-corrected chi connectivity index (χ0v) is 13.7. The second-order valence-electron chi connectivity index (χ2n) is 3.47. The quantitative estimate of drug-likeness (QED) is 0.927. The molecule has 2 rings (SSSR count). The van der Waals surface area contributed by atoms with Crippen LogP contribution in [0.5, 0.6) is 11.8 Å². The molecular weight excluding hydrogens is 315 g/mol. The SMILES string of the molecule is CC.COc1nc(N)nc(-c2cc(OC)c(Cl)cc2Cl)n1. The molecule has 0 saturated heterocycles. The molecule has 1 aromatic carbocycles. The Kier molecular flexibility index (Phi) is 6.45. The summed E-state index contributed by atoms with van der Waals surface area (Å²) in [5, 5.41) is 0.767. The second kappa shape index (κ2) is 7.85. The van der Waals surface area contributed by atoms with Crippen LogP contribution in [0.1, 0.15) is 13.8 Å². The molecule has 0 atom stereocenters. The molecule has 0 aliphatic carbocycles. The van der Waals surface area contributed by atoms with E-state index in [1.54, 1.807) is 12.1 Å². The molecule has 2 N–H and O–H groups in total. The summed E-state index contributed by atoms with van der Waals surface area (Å²) in [4.78, 5) is 11.9. The van der Waals surface area contributed by atoms with Gasteiger partial charge < -0.3 is 15.2 Å². The number of rotatable bonds is 3.